The fraction of sp³-hybridized carbons (Fsp3) is 0.875. The van der Waals surface area contributed by atoms with Crippen molar-refractivity contribution in [3.05, 3.63) is 0 Å². The molecule has 2 saturated carbocycles. The molecule has 0 bridgehead atoms. The van der Waals surface area contributed by atoms with Gasteiger partial charge in [-0.05, 0) is 52.4 Å². The summed E-state index contributed by atoms with van der Waals surface area (Å²) in [6, 6.07) is 0.0324. The molecule has 33 heavy (non-hydrogen) atoms. The zero-order valence-corrected chi connectivity index (χ0v) is 19.5. The van der Waals surface area contributed by atoms with Gasteiger partial charge in [-0.15, -0.1) is 0 Å². The van der Waals surface area contributed by atoms with Gasteiger partial charge >= 0.3 is 11.9 Å². The topological polar surface area (TPSA) is 109 Å². The number of nitrogens with one attached hydrogen (secondary N) is 1. The number of amides is 1. The molecule has 5 rings (SSSR count). The molecule has 0 aromatic rings. The molecule has 3 aliphatic heterocycles. The molecule has 9 heteroatoms. The van der Waals surface area contributed by atoms with Crippen molar-refractivity contribution in [1.29, 1.82) is 0 Å². The molecule has 0 spiro atoms. The third kappa shape index (κ3) is 4.64. The lowest BCUT2D eigenvalue weighted by molar-refractivity contribution is -0.237. The third-order valence-electron chi connectivity index (χ3n) is 7.59. The van der Waals surface area contributed by atoms with Gasteiger partial charge in [0.2, 0.25) is 5.91 Å². The maximum atomic E-state index is 13.5. The minimum Gasteiger partial charge on any atom is -0.462 e. The number of ether oxygens (including phenoxy) is 5. The van der Waals surface area contributed by atoms with Crippen molar-refractivity contribution in [2.24, 2.45) is 11.8 Å². The number of rotatable bonds is 4. The SMILES string of the molecule is CC1(C)O[C@H]2O[C@H]3[C@H](OC(=O)[C@@H](C(=O)OC4CCCCC4)[C@@H]3C(=O)NC3CCCCC3)[C@H]2O1. The smallest absolute Gasteiger partial charge is 0.321 e. The van der Waals surface area contributed by atoms with E-state index in [1.165, 1.54) is 0 Å². The largest absolute Gasteiger partial charge is 0.462 e. The fourth-order valence-corrected chi connectivity index (χ4v) is 5.98. The first kappa shape index (κ1) is 23.1. The monoisotopic (exact) mass is 465 g/mol. The highest BCUT2D eigenvalue weighted by molar-refractivity contribution is 6.01. The first-order valence-electron chi connectivity index (χ1n) is 12.5. The van der Waals surface area contributed by atoms with Crippen LogP contribution in [0.25, 0.3) is 0 Å². The van der Waals surface area contributed by atoms with E-state index in [2.05, 4.69) is 5.32 Å². The quantitative estimate of drug-likeness (QED) is 0.498. The Morgan fingerprint density at radius 1 is 0.909 bits per heavy atom. The Morgan fingerprint density at radius 2 is 1.58 bits per heavy atom. The first-order valence-corrected chi connectivity index (χ1v) is 12.5. The molecular weight excluding hydrogens is 430 g/mol. The molecule has 3 saturated heterocycles. The minimum absolute atomic E-state index is 0.0324. The van der Waals surface area contributed by atoms with Crippen molar-refractivity contribution < 1.29 is 38.1 Å². The molecule has 2 aliphatic carbocycles. The second kappa shape index (κ2) is 9.15. The minimum atomic E-state index is -1.36. The van der Waals surface area contributed by atoms with Crippen LogP contribution in [0.15, 0.2) is 0 Å². The van der Waals surface area contributed by atoms with E-state index in [4.69, 9.17) is 23.7 Å². The maximum Gasteiger partial charge on any atom is 0.321 e. The van der Waals surface area contributed by atoms with Gasteiger partial charge in [0.25, 0.3) is 0 Å². The van der Waals surface area contributed by atoms with Crippen LogP contribution in [-0.4, -0.2) is 60.4 Å². The van der Waals surface area contributed by atoms with Crippen LogP contribution in [0.4, 0.5) is 0 Å². The number of carbonyl (C=O) groups excluding carboxylic acids is 3. The molecule has 3 heterocycles. The molecule has 1 amide bonds. The van der Waals surface area contributed by atoms with Crippen molar-refractivity contribution in [3.63, 3.8) is 0 Å². The Labute approximate surface area is 194 Å². The number of fused-ring (bicyclic) bond motifs is 3. The third-order valence-corrected chi connectivity index (χ3v) is 7.59. The van der Waals surface area contributed by atoms with Crippen LogP contribution in [0.1, 0.15) is 78.1 Å². The standard InChI is InChI=1S/C24H35NO8/c1-24(2)32-19-18-17(31-23(19)33-24)15(20(26)25-13-9-5-3-6-10-13)16(22(28)30-18)21(27)29-14-11-7-4-8-12-14/h13-19,23H,3-12H2,1-2H3,(H,25,26)/t15-,16+,17+,18-,19+,23+/m0/s1. The summed E-state index contributed by atoms with van der Waals surface area (Å²) in [5.74, 6) is -5.10. The van der Waals surface area contributed by atoms with Crippen LogP contribution in [0.5, 0.6) is 0 Å². The van der Waals surface area contributed by atoms with Crippen molar-refractivity contribution in [2.75, 3.05) is 0 Å². The highest BCUT2D eigenvalue weighted by atomic mass is 16.8. The average molecular weight is 466 g/mol. The van der Waals surface area contributed by atoms with Gasteiger partial charge in [0.15, 0.2) is 30.2 Å². The number of hydrogen-bond acceptors (Lipinski definition) is 8. The second-order valence-electron chi connectivity index (χ2n) is 10.5. The molecule has 0 aromatic carbocycles. The molecule has 1 N–H and O–H groups in total. The Bertz CT molecular complexity index is 772. The first-order chi connectivity index (χ1) is 15.8. The Hall–Kier alpha value is -1.71. The van der Waals surface area contributed by atoms with Crippen LogP contribution in [-0.2, 0) is 38.1 Å². The summed E-state index contributed by atoms with van der Waals surface area (Å²) < 4.78 is 29.2. The van der Waals surface area contributed by atoms with Gasteiger partial charge in [-0.1, -0.05) is 25.7 Å². The summed E-state index contributed by atoms with van der Waals surface area (Å²) in [6.07, 6.45) is 6.38. The van der Waals surface area contributed by atoms with Crippen LogP contribution in [0.2, 0.25) is 0 Å². The summed E-state index contributed by atoms with van der Waals surface area (Å²) in [7, 11) is 0. The van der Waals surface area contributed by atoms with Crippen molar-refractivity contribution in [1.82, 2.24) is 5.32 Å². The van der Waals surface area contributed by atoms with Gasteiger partial charge in [0.05, 0.1) is 5.92 Å². The molecule has 0 radical (unpaired) electrons. The number of esters is 2. The molecule has 184 valence electrons. The Kier molecular flexibility index (Phi) is 6.39. The molecular formula is C24H35NO8. The molecule has 6 atom stereocenters. The van der Waals surface area contributed by atoms with E-state index < -0.39 is 54.2 Å². The van der Waals surface area contributed by atoms with Crippen molar-refractivity contribution in [3.8, 4) is 0 Å². The van der Waals surface area contributed by atoms with E-state index in [0.29, 0.717) is 0 Å². The van der Waals surface area contributed by atoms with Crippen LogP contribution >= 0.6 is 0 Å². The highest BCUT2D eigenvalue weighted by Gasteiger charge is 2.65. The van der Waals surface area contributed by atoms with Gasteiger partial charge in [-0.25, -0.2) is 0 Å². The lowest BCUT2D eigenvalue weighted by Gasteiger charge is -2.38. The van der Waals surface area contributed by atoms with Crippen LogP contribution < -0.4 is 5.32 Å². The molecule has 5 fully saturated rings. The van der Waals surface area contributed by atoms with E-state index in [9.17, 15) is 14.4 Å². The summed E-state index contributed by atoms with van der Waals surface area (Å²) in [6.45, 7) is 3.51. The summed E-state index contributed by atoms with van der Waals surface area (Å²) in [4.78, 5) is 39.8. The normalized spacial score (nSPS) is 38.8. The highest BCUT2D eigenvalue weighted by Crippen LogP contribution is 2.45. The lowest BCUT2D eigenvalue weighted by Crippen LogP contribution is -2.59. The zero-order valence-electron chi connectivity index (χ0n) is 19.5. The second-order valence-corrected chi connectivity index (χ2v) is 10.5. The lowest BCUT2D eigenvalue weighted by atomic mass is 9.80. The van der Waals surface area contributed by atoms with Crippen molar-refractivity contribution in [2.45, 2.75) is 121 Å². The molecule has 0 aromatic heterocycles. The van der Waals surface area contributed by atoms with Gasteiger partial charge in [0.1, 0.15) is 12.2 Å². The van der Waals surface area contributed by atoms with E-state index in [1.54, 1.807) is 13.8 Å². The summed E-state index contributed by atoms with van der Waals surface area (Å²) >= 11 is 0. The zero-order chi connectivity index (χ0) is 23.2. The molecule has 9 nitrogen and oxygen atoms in total. The van der Waals surface area contributed by atoms with Gasteiger partial charge < -0.3 is 29.0 Å². The molecule has 5 aliphatic rings. The van der Waals surface area contributed by atoms with E-state index >= 15 is 0 Å². The number of hydrogen-bond donors (Lipinski definition) is 1. The maximum absolute atomic E-state index is 13.5. The summed E-state index contributed by atoms with van der Waals surface area (Å²) in [5.41, 5.74) is 0. The number of carbonyl (C=O) groups is 3. The van der Waals surface area contributed by atoms with Crippen LogP contribution in [0.3, 0.4) is 0 Å². The fourth-order valence-electron chi connectivity index (χ4n) is 5.98. The predicted molar refractivity (Wildman–Crippen MR) is 114 cm³/mol. The average Bonchev–Trinajstić information content (AvgIpc) is 3.25. The van der Waals surface area contributed by atoms with Gasteiger partial charge in [-0.2, -0.15) is 0 Å². The van der Waals surface area contributed by atoms with E-state index in [0.717, 1.165) is 64.2 Å². The Morgan fingerprint density at radius 3 is 2.27 bits per heavy atom. The molecule has 0 unspecified atom stereocenters. The predicted octanol–water partition coefficient (Wildman–Crippen LogP) is 2.35. The van der Waals surface area contributed by atoms with Gasteiger partial charge in [-0.3, -0.25) is 14.4 Å². The Balaban J connectivity index is 1.37. The van der Waals surface area contributed by atoms with Gasteiger partial charge in [0, 0.05) is 6.04 Å². The summed E-state index contributed by atoms with van der Waals surface area (Å²) in [5, 5.41) is 3.08. The van der Waals surface area contributed by atoms with E-state index in [-0.39, 0.29) is 18.1 Å². The van der Waals surface area contributed by atoms with E-state index in [1.807, 2.05) is 0 Å². The van der Waals surface area contributed by atoms with Crippen molar-refractivity contribution >= 4 is 17.8 Å². The van der Waals surface area contributed by atoms with Crippen LogP contribution in [0, 0.1) is 11.8 Å².